The Bertz CT molecular complexity index is 768. The minimum atomic E-state index is -0.285. The molecule has 0 bridgehead atoms. The van der Waals surface area contributed by atoms with Crippen LogP contribution in [0.15, 0.2) is 42.7 Å². The third kappa shape index (κ3) is 4.24. The number of amides is 1. The normalized spacial score (nSPS) is 20.9. The average Bonchev–Trinajstić information content (AvgIpc) is 2.67. The van der Waals surface area contributed by atoms with Crippen LogP contribution in [0.3, 0.4) is 0 Å². The number of carbonyl (C=O) groups is 1. The number of ether oxygens (including phenoxy) is 1. The van der Waals surface area contributed by atoms with E-state index in [0.717, 1.165) is 24.9 Å². The Kier molecular flexibility index (Phi) is 5.03. The van der Waals surface area contributed by atoms with Crippen molar-refractivity contribution in [3.05, 3.63) is 54.1 Å². The van der Waals surface area contributed by atoms with Crippen molar-refractivity contribution in [1.82, 2.24) is 14.9 Å². The van der Waals surface area contributed by atoms with Gasteiger partial charge in [0, 0.05) is 18.9 Å². The van der Waals surface area contributed by atoms with E-state index >= 15 is 0 Å². The van der Waals surface area contributed by atoms with Crippen LogP contribution in [0.1, 0.15) is 18.4 Å². The van der Waals surface area contributed by atoms with Gasteiger partial charge in [0.05, 0.1) is 26.1 Å². The first-order valence-corrected chi connectivity index (χ1v) is 9.29. The van der Waals surface area contributed by atoms with Crippen molar-refractivity contribution in [1.29, 1.82) is 0 Å². The van der Waals surface area contributed by atoms with Gasteiger partial charge in [-0.1, -0.05) is 12.1 Å². The Balaban J connectivity index is 1.20. The molecule has 1 amide bonds. The Morgan fingerprint density at radius 1 is 1.26 bits per heavy atom. The lowest BCUT2D eigenvalue weighted by Gasteiger charge is -2.52. The number of nitrogens with one attached hydrogen (secondary N) is 1. The fourth-order valence-electron chi connectivity index (χ4n) is 3.67. The molecular weight excluding hydrogens is 347 g/mol. The van der Waals surface area contributed by atoms with Crippen molar-refractivity contribution in [3.63, 3.8) is 0 Å². The van der Waals surface area contributed by atoms with E-state index in [-0.39, 0.29) is 17.3 Å². The predicted molar refractivity (Wildman–Crippen MR) is 98.6 cm³/mol. The maximum Gasteiger partial charge on any atom is 0.227 e. The highest BCUT2D eigenvalue weighted by Gasteiger charge is 2.48. The predicted octanol–water partition coefficient (Wildman–Crippen LogP) is 2.28. The molecule has 2 saturated heterocycles. The highest BCUT2D eigenvalue weighted by Crippen LogP contribution is 2.36. The summed E-state index contributed by atoms with van der Waals surface area (Å²) in [4.78, 5) is 22.5. The van der Waals surface area contributed by atoms with Gasteiger partial charge >= 0.3 is 0 Å². The van der Waals surface area contributed by atoms with Crippen LogP contribution in [-0.2, 0) is 16.0 Å². The molecule has 27 heavy (non-hydrogen) atoms. The Morgan fingerprint density at radius 3 is 2.67 bits per heavy atom. The van der Waals surface area contributed by atoms with Crippen molar-refractivity contribution in [2.24, 2.45) is 5.92 Å². The summed E-state index contributed by atoms with van der Waals surface area (Å²) in [5, 5.41) is 3.24. The fraction of sp³-hybridized carbons (Fsp3) is 0.450. The molecule has 2 aliphatic heterocycles. The number of hydrogen-bond donors (Lipinski definition) is 1. The van der Waals surface area contributed by atoms with Crippen LogP contribution in [0.4, 0.5) is 10.3 Å². The maximum atomic E-state index is 13.0. The molecule has 0 unspecified atom stereocenters. The Morgan fingerprint density at radius 2 is 2.00 bits per heavy atom. The van der Waals surface area contributed by atoms with Gasteiger partial charge in [0.2, 0.25) is 11.9 Å². The van der Waals surface area contributed by atoms with Gasteiger partial charge in [-0.05, 0) is 42.5 Å². The van der Waals surface area contributed by atoms with Gasteiger partial charge < -0.3 is 15.0 Å². The molecule has 1 aromatic carbocycles. The molecule has 1 atom stereocenters. The number of aromatic nitrogens is 2. The van der Waals surface area contributed by atoms with Gasteiger partial charge in [0.25, 0.3) is 0 Å². The Hall–Kier alpha value is -2.54. The van der Waals surface area contributed by atoms with Gasteiger partial charge in [0.15, 0.2) is 0 Å². The Labute approximate surface area is 157 Å². The zero-order valence-corrected chi connectivity index (χ0v) is 15.1. The van der Waals surface area contributed by atoms with Crippen LogP contribution in [0.5, 0.6) is 0 Å². The third-order valence-corrected chi connectivity index (χ3v) is 5.33. The van der Waals surface area contributed by atoms with Gasteiger partial charge in [-0.3, -0.25) is 4.79 Å². The molecule has 4 rings (SSSR count). The molecule has 142 valence electrons. The van der Waals surface area contributed by atoms with Crippen molar-refractivity contribution < 1.29 is 13.9 Å². The van der Waals surface area contributed by atoms with E-state index in [9.17, 15) is 9.18 Å². The highest BCUT2D eigenvalue weighted by atomic mass is 19.1. The van der Waals surface area contributed by atoms with E-state index in [2.05, 4.69) is 15.3 Å². The fourth-order valence-corrected chi connectivity index (χ4v) is 3.67. The smallest absolute Gasteiger partial charge is 0.227 e. The van der Waals surface area contributed by atoms with Gasteiger partial charge in [-0.2, -0.15) is 0 Å². The maximum absolute atomic E-state index is 13.0. The number of likely N-dealkylation sites (tertiary alicyclic amines) is 1. The third-order valence-electron chi connectivity index (χ3n) is 5.33. The highest BCUT2D eigenvalue weighted by molar-refractivity contribution is 5.79. The second kappa shape index (κ2) is 7.60. The second-order valence-electron chi connectivity index (χ2n) is 7.41. The summed E-state index contributed by atoms with van der Waals surface area (Å²) in [5.74, 6) is 0.843. The number of benzene rings is 1. The van der Waals surface area contributed by atoms with Crippen molar-refractivity contribution in [2.75, 3.05) is 31.6 Å². The molecule has 1 spiro atoms. The summed E-state index contributed by atoms with van der Waals surface area (Å²) in [7, 11) is 0. The lowest BCUT2D eigenvalue weighted by molar-refractivity contribution is -0.187. The lowest BCUT2D eigenvalue weighted by Crippen LogP contribution is -2.66. The quantitative estimate of drug-likeness (QED) is 0.875. The molecule has 6 nitrogen and oxygen atoms in total. The van der Waals surface area contributed by atoms with Crippen LogP contribution >= 0.6 is 0 Å². The van der Waals surface area contributed by atoms with Crippen LogP contribution in [0, 0.1) is 11.7 Å². The average molecular weight is 370 g/mol. The number of nitrogens with zero attached hydrogens (tertiary/aromatic N) is 3. The topological polar surface area (TPSA) is 67.4 Å². The number of hydrogen-bond acceptors (Lipinski definition) is 5. The van der Waals surface area contributed by atoms with Crippen molar-refractivity contribution in [3.8, 4) is 0 Å². The summed E-state index contributed by atoms with van der Waals surface area (Å²) in [6.45, 7) is 2.76. The number of anilines is 1. The van der Waals surface area contributed by atoms with Gasteiger partial charge in [0.1, 0.15) is 11.4 Å². The monoisotopic (exact) mass is 370 g/mol. The van der Waals surface area contributed by atoms with Crippen molar-refractivity contribution >= 4 is 11.9 Å². The lowest BCUT2D eigenvalue weighted by atomic mass is 9.82. The second-order valence-corrected chi connectivity index (χ2v) is 7.41. The van der Waals surface area contributed by atoms with Crippen LogP contribution in [0.2, 0.25) is 0 Å². The number of carbonyl (C=O) groups excluding carboxylic acids is 1. The summed E-state index contributed by atoms with van der Waals surface area (Å²) in [5.41, 5.74) is 0.652. The van der Waals surface area contributed by atoms with E-state index in [1.54, 1.807) is 30.6 Å². The largest absolute Gasteiger partial charge is 0.371 e. The standard InChI is InChI=1S/C20H23FN4O2/c21-17-4-2-15(3-5-17)10-18(26)25-13-20(14-25)7-6-16(12-27-20)11-24-19-22-8-1-9-23-19/h1-5,8-9,16H,6-7,10-14H2,(H,22,23,24)/t16-/m0/s1. The summed E-state index contributed by atoms with van der Waals surface area (Å²) in [6.07, 6.45) is 5.75. The molecular formula is C20H23FN4O2. The summed E-state index contributed by atoms with van der Waals surface area (Å²) in [6, 6.07) is 7.89. The van der Waals surface area contributed by atoms with Gasteiger partial charge in [-0.25, -0.2) is 14.4 Å². The minimum Gasteiger partial charge on any atom is -0.371 e. The molecule has 2 aliphatic rings. The number of rotatable bonds is 5. The first-order chi connectivity index (χ1) is 13.1. The van der Waals surface area contributed by atoms with E-state index in [1.807, 2.05) is 4.90 Å². The molecule has 0 aliphatic carbocycles. The molecule has 3 heterocycles. The molecule has 2 fully saturated rings. The SMILES string of the molecule is O=C(Cc1ccc(F)cc1)N1CC2(CC[C@@H](CNc3ncccn3)CO2)C1. The molecule has 0 radical (unpaired) electrons. The molecule has 2 aromatic rings. The summed E-state index contributed by atoms with van der Waals surface area (Å²) >= 11 is 0. The van der Waals surface area contributed by atoms with Crippen LogP contribution < -0.4 is 5.32 Å². The zero-order valence-electron chi connectivity index (χ0n) is 15.1. The molecule has 0 saturated carbocycles. The van der Waals surface area contributed by atoms with E-state index in [4.69, 9.17) is 4.74 Å². The van der Waals surface area contributed by atoms with Crippen molar-refractivity contribution in [2.45, 2.75) is 24.9 Å². The van der Waals surface area contributed by atoms with E-state index < -0.39 is 0 Å². The molecule has 7 heteroatoms. The first kappa shape index (κ1) is 17.9. The van der Waals surface area contributed by atoms with E-state index in [0.29, 0.717) is 38.0 Å². The van der Waals surface area contributed by atoms with Crippen LogP contribution in [-0.4, -0.2) is 52.6 Å². The minimum absolute atomic E-state index is 0.0702. The molecule has 1 aromatic heterocycles. The zero-order chi connectivity index (χ0) is 18.7. The first-order valence-electron chi connectivity index (χ1n) is 9.29. The molecule has 1 N–H and O–H groups in total. The number of halogens is 1. The summed E-state index contributed by atoms with van der Waals surface area (Å²) < 4.78 is 19.1. The van der Waals surface area contributed by atoms with Crippen LogP contribution in [0.25, 0.3) is 0 Å². The van der Waals surface area contributed by atoms with Gasteiger partial charge in [-0.15, -0.1) is 0 Å². The van der Waals surface area contributed by atoms with E-state index in [1.165, 1.54) is 12.1 Å².